The Balaban J connectivity index is 2.62. The van der Waals surface area contributed by atoms with Gasteiger partial charge in [-0.3, -0.25) is 0 Å². The van der Waals surface area contributed by atoms with E-state index in [1.165, 1.54) is 0 Å². The second kappa shape index (κ2) is 3.33. The third-order valence-corrected chi connectivity index (χ3v) is 0.359. The zero-order chi connectivity index (χ0) is 4.12. The van der Waals surface area contributed by atoms with Gasteiger partial charge >= 0.3 is 0 Å². The van der Waals surface area contributed by atoms with Gasteiger partial charge in [0.2, 0.25) is 1.41 Å². The van der Waals surface area contributed by atoms with E-state index in [9.17, 15) is 0 Å². The van der Waals surface area contributed by atoms with Gasteiger partial charge < -0.3 is 0 Å². The molecule has 0 spiro atoms. The second-order valence-electron chi connectivity index (χ2n) is 0.261. The van der Waals surface area contributed by atoms with Crippen molar-refractivity contribution in [3.8, 4) is 0 Å². The predicted octanol–water partition coefficient (Wildman–Crippen LogP) is 1.41. The minimum absolute atomic E-state index is 0.585. The van der Waals surface area contributed by atoms with E-state index in [0.717, 1.165) is 0 Å². The number of alkyl halides is 1. The molecule has 0 aromatic carbocycles. The molecular weight excluding hydrogens is 167 g/mol. The van der Waals surface area contributed by atoms with Gasteiger partial charge in [-0.1, -0.05) is 22.6 Å². The Morgan fingerprint density at radius 2 is 3.25 bits per heavy atom. The maximum absolute atomic E-state index is 6.06. The van der Waals surface area contributed by atoms with Crippen molar-refractivity contribution in [2.24, 2.45) is 5.11 Å². The van der Waals surface area contributed by atoms with Gasteiger partial charge in [0.1, 0.15) is 4.55 Å². The monoisotopic (exact) mass is 172 g/mol. The van der Waals surface area contributed by atoms with Crippen molar-refractivity contribution in [2.45, 2.75) is 0 Å². The maximum Gasteiger partial charge on any atom is 0.213 e. The van der Waals surface area contributed by atoms with Crippen molar-refractivity contribution in [1.29, 1.82) is 5.52 Å². The molecule has 4 heavy (non-hydrogen) atoms. The van der Waals surface area contributed by atoms with E-state index in [4.69, 9.17) is 1.41 Å². The van der Waals surface area contributed by atoms with Gasteiger partial charge in [-0.2, -0.15) is 5.11 Å². The summed E-state index contributed by atoms with van der Waals surface area (Å²) >= 11 is 2.01. The van der Waals surface area contributed by atoms with Gasteiger partial charge in [-0.15, -0.1) is 0 Å². The molecule has 0 aliphatic carbocycles. The van der Waals surface area contributed by atoms with Gasteiger partial charge in [-0.25, -0.2) is 5.52 Å². The average Bonchev–Trinajstić information content (AvgIpc) is 1.41. The predicted molar refractivity (Wildman–Crippen MR) is 24.0 cm³/mol. The summed E-state index contributed by atoms with van der Waals surface area (Å²) in [5.41, 5.74) is 2.72. The van der Waals surface area contributed by atoms with Crippen LogP contribution in [0.15, 0.2) is 5.11 Å². The van der Waals surface area contributed by atoms with E-state index in [1.807, 2.05) is 22.6 Å². The van der Waals surface area contributed by atoms with Crippen LogP contribution >= 0.6 is 22.6 Å². The lowest BCUT2D eigenvalue weighted by molar-refractivity contribution is 1.07. The molecule has 1 N–H and O–H groups in total. The molecule has 0 amide bonds. The second-order valence-corrected chi connectivity index (χ2v) is 0.943. The molecule has 0 aliphatic rings. The molecule has 3 heteroatoms. The van der Waals surface area contributed by atoms with Gasteiger partial charge in [-0.05, 0) is 0 Å². The molecule has 0 aromatic rings. The minimum Gasteiger partial charge on any atom is -0.209 e. The molecular formula is CH3IN2. The number of nitrogens with one attached hydrogen (secondary N) is 1. The van der Waals surface area contributed by atoms with E-state index >= 15 is 0 Å². The lowest BCUT2D eigenvalue weighted by Gasteiger charge is -1.56. The lowest BCUT2D eigenvalue weighted by Crippen LogP contribution is -1.42. The Hall–Kier alpha value is 0.330. The molecule has 0 unspecified atom stereocenters. The Kier molecular flexibility index (Phi) is 2.13. The number of hydrogen-bond acceptors (Lipinski definition) is 2. The molecule has 0 aliphatic heterocycles. The first-order chi connectivity index (χ1) is 2.41. The van der Waals surface area contributed by atoms with Crippen molar-refractivity contribution in [3.63, 3.8) is 0 Å². The first-order valence-corrected chi connectivity index (χ1v) is 2.31. The van der Waals surface area contributed by atoms with Crippen LogP contribution < -0.4 is 0 Å². The number of rotatable bonds is 1. The van der Waals surface area contributed by atoms with Gasteiger partial charge in [0.05, 0.1) is 0 Å². The van der Waals surface area contributed by atoms with Gasteiger partial charge in [0.25, 0.3) is 0 Å². The van der Waals surface area contributed by atoms with E-state index in [-0.39, 0.29) is 0 Å². The SMILES string of the molecule is [3H]N=NCI. The van der Waals surface area contributed by atoms with Gasteiger partial charge in [0.15, 0.2) is 0 Å². The van der Waals surface area contributed by atoms with Gasteiger partial charge in [0, 0.05) is 0 Å². The smallest absolute Gasteiger partial charge is 0.209 e. The zero-order valence-corrected chi connectivity index (χ0v) is 4.14. The van der Waals surface area contributed by atoms with Crippen LogP contribution in [0.25, 0.3) is 0 Å². The summed E-state index contributed by atoms with van der Waals surface area (Å²) in [6.45, 7) is 0. The lowest BCUT2D eigenvalue weighted by atomic mass is 11.6. The molecule has 0 saturated carbocycles. The van der Waals surface area contributed by atoms with Crippen LogP contribution in [-0.2, 0) is 0 Å². The number of hydrogen-bond donors (Lipinski definition) is 1. The van der Waals surface area contributed by atoms with E-state index in [2.05, 4.69) is 10.6 Å². The van der Waals surface area contributed by atoms with Crippen LogP contribution in [0.4, 0.5) is 0 Å². The summed E-state index contributed by atoms with van der Waals surface area (Å²) in [5.74, 6) is 0. The minimum atomic E-state index is 0.585. The van der Waals surface area contributed by atoms with Crippen molar-refractivity contribution in [3.05, 3.63) is 0 Å². The number of halogens is 1. The molecule has 0 heterocycles. The third-order valence-electron chi connectivity index (χ3n) is 0.0535. The van der Waals surface area contributed by atoms with E-state index < -0.39 is 0 Å². The first kappa shape index (κ1) is 2.56. The topological polar surface area (TPSA) is 36.2 Å². The summed E-state index contributed by atoms with van der Waals surface area (Å²) in [7, 11) is 0. The largest absolute Gasteiger partial charge is 0.213 e. The summed E-state index contributed by atoms with van der Waals surface area (Å²) in [4.78, 5) is 0. The van der Waals surface area contributed by atoms with E-state index in [1.54, 1.807) is 0 Å². The van der Waals surface area contributed by atoms with Crippen LogP contribution in [-0.4, -0.2) is 4.55 Å². The molecule has 0 fully saturated rings. The highest BCUT2D eigenvalue weighted by atomic mass is 127. The number of nitrogens with zero attached hydrogens (tertiary/aromatic N) is 1. The Morgan fingerprint density at radius 3 is 3.25 bits per heavy atom. The van der Waals surface area contributed by atoms with Crippen molar-refractivity contribution in [2.75, 3.05) is 4.55 Å². The van der Waals surface area contributed by atoms with Crippen molar-refractivity contribution < 1.29 is 1.41 Å². The van der Waals surface area contributed by atoms with Crippen molar-refractivity contribution in [1.82, 2.24) is 0 Å². The fourth-order valence-electron chi connectivity index (χ4n) is 0. The van der Waals surface area contributed by atoms with Crippen LogP contribution in [0.5, 0.6) is 0 Å². The summed E-state index contributed by atoms with van der Waals surface area (Å²) in [6, 6.07) is 0. The zero-order valence-electron chi connectivity index (χ0n) is 2.98. The average molecular weight is 172 g/mol. The van der Waals surface area contributed by atoms with Crippen LogP contribution in [0, 0.1) is 5.52 Å². The Labute approximate surface area is 39.7 Å². The summed E-state index contributed by atoms with van der Waals surface area (Å²) in [5, 5.41) is 3.25. The van der Waals surface area contributed by atoms with Crippen LogP contribution in [0.1, 0.15) is 0 Å². The summed E-state index contributed by atoms with van der Waals surface area (Å²) < 4.78 is 6.64. The highest BCUT2D eigenvalue weighted by Crippen LogP contribution is 1.75. The molecule has 0 rings (SSSR count). The molecule has 0 aromatic heterocycles. The molecule has 2 nitrogen and oxygen atoms in total. The third kappa shape index (κ3) is 2.33. The van der Waals surface area contributed by atoms with Crippen LogP contribution in [0.3, 0.4) is 0 Å². The van der Waals surface area contributed by atoms with Crippen LogP contribution in [0.2, 0.25) is 1.41 Å². The molecule has 0 bridgehead atoms. The fourth-order valence-corrected chi connectivity index (χ4v) is 0. The summed E-state index contributed by atoms with van der Waals surface area (Å²) in [6.07, 6.45) is 0. The van der Waals surface area contributed by atoms with E-state index in [0.29, 0.717) is 4.55 Å². The first-order valence-electron chi connectivity index (χ1n) is 1.23. The molecule has 0 radical (unpaired) electrons. The molecule has 0 atom stereocenters. The van der Waals surface area contributed by atoms with Crippen molar-refractivity contribution >= 4 is 22.6 Å². The Bertz CT molecular complexity index is 36.6. The fraction of sp³-hybridized carbons (Fsp3) is 1.00. The quantitative estimate of drug-likeness (QED) is 0.268. The highest BCUT2D eigenvalue weighted by Gasteiger charge is 1.49. The standard InChI is InChI=1S/CH3IN2/c2-1-4-3/h3H,1H2/i/hT. The molecule has 0 saturated heterocycles. The molecule has 24 valence electrons. The Morgan fingerprint density at radius 1 is 2.50 bits per heavy atom. The maximum atomic E-state index is 6.06. The normalized spacial score (nSPS) is 12.8. The highest BCUT2D eigenvalue weighted by molar-refractivity contribution is 14.1.